The summed E-state index contributed by atoms with van der Waals surface area (Å²) >= 11 is 0. The summed E-state index contributed by atoms with van der Waals surface area (Å²) < 4.78 is 0. The summed E-state index contributed by atoms with van der Waals surface area (Å²) in [6, 6.07) is 11.1. The minimum atomic E-state index is 0.595. The van der Waals surface area contributed by atoms with Crippen molar-refractivity contribution in [1.82, 2.24) is 0 Å². The lowest BCUT2D eigenvalue weighted by atomic mass is 9.96. The maximum absolute atomic E-state index is 8.44. The molecule has 0 spiro atoms. The molecule has 6 heteroatoms. The van der Waals surface area contributed by atoms with Crippen LogP contribution in [0.4, 0.5) is 11.4 Å². The highest BCUT2D eigenvalue weighted by atomic mass is 15.1. The topological polar surface area (TPSA) is 97.5 Å². The third kappa shape index (κ3) is 2.72. The van der Waals surface area contributed by atoms with Crippen LogP contribution in [0.1, 0.15) is 11.1 Å². The van der Waals surface area contributed by atoms with Crippen LogP contribution >= 0.6 is 0 Å². The van der Waals surface area contributed by atoms with Gasteiger partial charge in [-0.25, -0.2) is 0 Å². The standard InChI is InChI=1S/C14H12N6/c1-9-7-11(17-19-15)3-5-13(9)14-6-4-12(18-20-16)8-10(14)2/h3-8H,1-2H3. The summed E-state index contributed by atoms with van der Waals surface area (Å²) in [5, 5.41) is 7.18. The molecule has 2 aromatic rings. The first-order valence-corrected chi connectivity index (χ1v) is 5.97. The van der Waals surface area contributed by atoms with Gasteiger partial charge in [0.25, 0.3) is 0 Å². The van der Waals surface area contributed by atoms with Crippen molar-refractivity contribution in [2.24, 2.45) is 10.2 Å². The van der Waals surface area contributed by atoms with Crippen LogP contribution in [-0.4, -0.2) is 0 Å². The van der Waals surface area contributed by atoms with E-state index in [9.17, 15) is 0 Å². The Morgan fingerprint density at radius 1 is 0.750 bits per heavy atom. The summed E-state index contributed by atoms with van der Waals surface area (Å²) in [6.07, 6.45) is 0. The Hall–Kier alpha value is -2.94. The number of rotatable bonds is 3. The van der Waals surface area contributed by atoms with Crippen molar-refractivity contribution in [3.63, 3.8) is 0 Å². The van der Waals surface area contributed by atoms with E-state index in [0.717, 1.165) is 22.3 Å². The maximum atomic E-state index is 8.44. The molecule has 0 unspecified atom stereocenters. The SMILES string of the molecule is Cc1cc(N=[N+]=[N-])ccc1-c1ccc(N=[N+]=[N-])cc1C. The lowest BCUT2D eigenvalue weighted by Gasteiger charge is -2.10. The van der Waals surface area contributed by atoms with Crippen LogP contribution in [-0.2, 0) is 0 Å². The predicted molar refractivity (Wildman–Crippen MR) is 79.0 cm³/mol. The van der Waals surface area contributed by atoms with Crippen molar-refractivity contribution in [3.8, 4) is 11.1 Å². The smallest absolute Gasteiger partial charge is 0.0378 e. The van der Waals surface area contributed by atoms with Gasteiger partial charge < -0.3 is 0 Å². The maximum Gasteiger partial charge on any atom is 0.0378 e. The molecule has 0 aromatic heterocycles. The molecule has 2 aromatic carbocycles. The van der Waals surface area contributed by atoms with E-state index in [1.807, 2.05) is 38.1 Å². The summed E-state index contributed by atoms with van der Waals surface area (Å²) in [7, 11) is 0. The number of nitrogens with zero attached hydrogens (tertiary/aromatic N) is 6. The second-order valence-corrected chi connectivity index (χ2v) is 4.38. The first-order chi connectivity index (χ1) is 9.65. The van der Waals surface area contributed by atoms with E-state index in [1.165, 1.54) is 0 Å². The number of benzene rings is 2. The average molecular weight is 264 g/mol. The zero-order chi connectivity index (χ0) is 14.5. The molecular formula is C14H12N6. The second kappa shape index (κ2) is 5.80. The van der Waals surface area contributed by atoms with E-state index in [1.54, 1.807) is 12.1 Å². The van der Waals surface area contributed by atoms with Gasteiger partial charge in [-0.3, -0.25) is 0 Å². The first kappa shape index (κ1) is 13.5. The summed E-state index contributed by atoms with van der Waals surface area (Å²) in [5.41, 5.74) is 22.2. The Morgan fingerprint density at radius 2 is 1.15 bits per heavy atom. The zero-order valence-corrected chi connectivity index (χ0v) is 11.1. The summed E-state index contributed by atoms with van der Waals surface area (Å²) in [4.78, 5) is 5.56. The molecule has 2 rings (SSSR count). The van der Waals surface area contributed by atoms with E-state index in [0.29, 0.717) is 11.4 Å². The minimum absolute atomic E-state index is 0.595. The fourth-order valence-electron chi connectivity index (χ4n) is 2.13. The Balaban J connectivity index is 2.51. The van der Waals surface area contributed by atoms with E-state index >= 15 is 0 Å². The predicted octanol–water partition coefficient (Wildman–Crippen LogP) is 5.85. The van der Waals surface area contributed by atoms with Gasteiger partial charge in [0, 0.05) is 21.2 Å². The fourth-order valence-corrected chi connectivity index (χ4v) is 2.13. The molecule has 98 valence electrons. The molecule has 20 heavy (non-hydrogen) atoms. The van der Waals surface area contributed by atoms with Gasteiger partial charge in [-0.1, -0.05) is 34.5 Å². The highest BCUT2D eigenvalue weighted by Crippen LogP contribution is 2.31. The molecule has 0 aliphatic rings. The van der Waals surface area contributed by atoms with Gasteiger partial charge in [-0.15, -0.1) is 0 Å². The molecule has 0 atom stereocenters. The third-order valence-electron chi connectivity index (χ3n) is 3.03. The molecule has 0 bridgehead atoms. The molecular weight excluding hydrogens is 252 g/mol. The zero-order valence-electron chi connectivity index (χ0n) is 11.1. The van der Waals surface area contributed by atoms with Gasteiger partial charge >= 0.3 is 0 Å². The van der Waals surface area contributed by atoms with Crippen LogP contribution in [0.25, 0.3) is 32.0 Å². The number of hydrogen-bond donors (Lipinski definition) is 0. The molecule has 0 amide bonds. The normalized spacial score (nSPS) is 9.50. The van der Waals surface area contributed by atoms with Crippen molar-refractivity contribution in [2.75, 3.05) is 0 Å². The monoisotopic (exact) mass is 264 g/mol. The highest BCUT2D eigenvalue weighted by molar-refractivity contribution is 5.73. The number of hydrogen-bond acceptors (Lipinski definition) is 2. The number of azide groups is 2. The van der Waals surface area contributed by atoms with Crippen molar-refractivity contribution >= 4 is 11.4 Å². The van der Waals surface area contributed by atoms with E-state index in [-0.39, 0.29) is 0 Å². The molecule has 0 fully saturated rings. The van der Waals surface area contributed by atoms with E-state index < -0.39 is 0 Å². The molecule has 0 aliphatic heterocycles. The van der Waals surface area contributed by atoms with Crippen molar-refractivity contribution < 1.29 is 0 Å². The van der Waals surface area contributed by atoms with Crippen LogP contribution < -0.4 is 0 Å². The third-order valence-corrected chi connectivity index (χ3v) is 3.03. The Bertz CT molecular complexity index is 687. The molecule has 6 nitrogen and oxygen atoms in total. The second-order valence-electron chi connectivity index (χ2n) is 4.38. The van der Waals surface area contributed by atoms with Crippen LogP contribution in [0.5, 0.6) is 0 Å². The van der Waals surface area contributed by atoms with Gasteiger partial charge in [-0.05, 0) is 59.3 Å². The van der Waals surface area contributed by atoms with Crippen LogP contribution in [0.15, 0.2) is 46.6 Å². The van der Waals surface area contributed by atoms with E-state index in [4.69, 9.17) is 11.1 Å². The Morgan fingerprint density at radius 3 is 1.45 bits per heavy atom. The van der Waals surface area contributed by atoms with Gasteiger partial charge in [0.05, 0.1) is 0 Å². The fraction of sp³-hybridized carbons (Fsp3) is 0.143. The highest BCUT2D eigenvalue weighted by Gasteiger charge is 2.06. The lowest BCUT2D eigenvalue weighted by Crippen LogP contribution is -1.86. The molecule has 0 saturated carbocycles. The summed E-state index contributed by atoms with van der Waals surface area (Å²) in [6.45, 7) is 3.93. The van der Waals surface area contributed by atoms with Crippen molar-refractivity contribution in [1.29, 1.82) is 0 Å². The van der Waals surface area contributed by atoms with E-state index in [2.05, 4.69) is 20.1 Å². The van der Waals surface area contributed by atoms with Gasteiger partial charge in [0.15, 0.2) is 0 Å². The van der Waals surface area contributed by atoms with Crippen LogP contribution in [0.3, 0.4) is 0 Å². The van der Waals surface area contributed by atoms with Gasteiger partial charge in [0.1, 0.15) is 0 Å². The van der Waals surface area contributed by atoms with Crippen LogP contribution in [0.2, 0.25) is 0 Å². The largest absolute Gasteiger partial charge is 0.0608 e. The molecule has 0 heterocycles. The molecule has 0 aliphatic carbocycles. The Kier molecular flexibility index (Phi) is 3.91. The van der Waals surface area contributed by atoms with Gasteiger partial charge in [0.2, 0.25) is 0 Å². The summed E-state index contributed by atoms with van der Waals surface area (Å²) in [5.74, 6) is 0. The van der Waals surface area contributed by atoms with Crippen LogP contribution in [0, 0.1) is 13.8 Å². The Labute approximate surface area is 115 Å². The minimum Gasteiger partial charge on any atom is -0.0608 e. The molecule has 0 saturated heterocycles. The molecule has 0 N–H and O–H groups in total. The lowest BCUT2D eigenvalue weighted by molar-refractivity contribution is 1.36. The first-order valence-electron chi connectivity index (χ1n) is 5.97. The number of aryl methyl sites for hydroxylation is 2. The van der Waals surface area contributed by atoms with Gasteiger partial charge in [-0.2, -0.15) is 0 Å². The quantitative estimate of drug-likeness (QED) is 0.377. The average Bonchev–Trinajstić information content (AvgIpc) is 2.41. The van der Waals surface area contributed by atoms with Crippen molar-refractivity contribution in [2.45, 2.75) is 13.8 Å². The van der Waals surface area contributed by atoms with Crippen molar-refractivity contribution in [3.05, 3.63) is 68.4 Å². The molecule has 0 radical (unpaired) electrons.